The number of carbonyl (C=O) groups excluding carboxylic acids is 1. The summed E-state index contributed by atoms with van der Waals surface area (Å²) in [6.07, 6.45) is 0. The number of anilines is 3. The van der Waals surface area contributed by atoms with E-state index in [0.717, 1.165) is 25.5 Å². The summed E-state index contributed by atoms with van der Waals surface area (Å²) in [6, 6.07) is 27.7. The quantitative estimate of drug-likeness (QED) is 0.313. The first-order chi connectivity index (χ1) is 14.8. The molecule has 0 spiro atoms. The highest BCUT2D eigenvalue weighted by molar-refractivity contribution is 8.01. The van der Waals surface area contributed by atoms with Gasteiger partial charge in [-0.1, -0.05) is 83.4 Å². The molecule has 2 N–H and O–H groups in total. The summed E-state index contributed by atoms with van der Waals surface area (Å²) in [7, 11) is 0. The fourth-order valence-electron chi connectivity index (χ4n) is 2.55. The summed E-state index contributed by atoms with van der Waals surface area (Å²) in [5.74, 6) is 0.193. The molecule has 0 aliphatic carbocycles. The molecule has 4 rings (SSSR count). The number of para-hydroxylation sites is 2. The molecule has 0 aliphatic rings. The fourth-order valence-corrected chi connectivity index (χ4v) is 5.05. The Bertz CT molecular complexity index is 1100. The molecule has 0 atom stereocenters. The zero-order valence-electron chi connectivity index (χ0n) is 15.8. The second kappa shape index (κ2) is 10.3. The molecule has 5 nitrogen and oxygen atoms in total. The van der Waals surface area contributed by atoms with E-state index in [1.807, 2.05) is 72.8 Å². The number of nitrogens with zero attached hydrogens (tertiary/aromatic N) is 2. The van der Waals surface area contributed by atoms with Crippen LogP contribution in [0.15, 0.2) is 99.1 Å². The van der Waals surface area contributed by atoms with E-state index >= 15 is 0 Å². The summed E-state index contributed by atoms with van der Waals surface area (Å²) >= 11 is 4.43. The van der Waals surface area contributed by atoms with Gasteiger partial charge in [0.15, 0.2) is 4.34 Å². The topological polar surface area (TPSA) is 66.9 Å². The van der Waals surface area contributed by atoms with Gasteiger partial charge in [0.1, 0.15) is 0 Å². The minimum Gasteiger partial charge on any atom is -0.330 e. The maximum Gasteiger partial charge on any atom is 0.234 e. The van der Waals surface area contributed by atoms with Crippen LogP contribution in [0.1, 0.15) is 0 Å². The lowest BCUT2D eigenvalue weighted by Crippen LogP contribution is -2.14. The Labute approximate surface area is 187 Å². The lowest BCUT2D eigenvalue weighted by molar-refractivity contribution is -0.113. The normalized spacial score (nSPS) is 10.5. The number of benzene rings is 3. The minimum absolute atomic E-state index is 0.0751. The third-order valence-electron chi connectivity index (χ3n) is 3.89. The van der Waals surface area contributed by atoms with Gasteiger partial charge in [0.2, 0.25) is 11.0 Å². The van der Waals surface area contributed by atoms with Crippen molar-refractivity contribution in [3.8, 4) is 0 Å². The van der Waals surface area contributed by atoms with Crippen LogP contribution in [0.2, 0.25) is 0 Å². The van der Waals surface area contributed by atoms with Crippen LogP contribution in [0.4, 0.5) is 16.5 Å². The molecule has 1 amide bonds. The molecule has 0 saturated heterocycles. The minimum atomic E-state index is -0.0751. The number of thioether (sulfide) groups is 1. The zero-order valence-corrected chi connectivity index (χ0v) is 18.3. The summed E-state index contributed by atoms with van der Waals surface area (Å²) in [5, 5.41) is 15.2. The van der Waals surface area contributed by atoms with Gasteiger partial charge >= 0.3 is 0 Å². The number of nitrogens with one attached hydrogen (secondary N) is 2. The average molecular weight is 451 g/mol. The maximum atomic E-state index is 12.5. The van der Waals surface area contributed by atoms with Crippen LogP contribution in [0.5, 0.6) is 0 Å². The van der Waals surface area contributed by atoms with Gasteiger partial charge < -0.3 is 10.6 Å². The van der Waals surface area contributed by atoms with Crippen LogP contribution in [0, 0.1) is 0 Å². The molecule has 8 heteroatoms. The predicted octanol–water partition coefficient (Wildman–Crippen LogP) is 6.16. The molecular weight excluding hydrogens is 432 g/mol. The standard InChI is InChI=1S/C22H18N4OS3/c27-20(15-28-22-26-25-21(30-22)23-16-9-3-1-4-10-16)24-18-13-7-8-14-19(18)29-17-11-5-2-6-12-17/h1-14H,15H2,(H,23,25)(H,24,27). The zero-order chi connectivity index (χ0) is 20.6. The highest BCUT2D eigenvalue weighted by atomic mass is 32.2. The van der Waals surface area contributed by atoms with E-state index in [2.05, 4.69) is 33.0 Å². The number of carbonyl (C=O) groups is 1. The molecule has 0 aliphatic heterocycles. The number of rotatable bonds is 8. The molecule has 0 radical (unpaired) electrons. The smallest absolute Gasteiger partial charge is 0.234 e. The van der Waals surface area contributed by atoms with Crippen LogP contribution in [0.25, 0.3) is 0 Å². The van der Waals surface area contributed by atoms with Crippen molar-refractivity contribution in [2.75, 3.05) is 16.4 Å². The van der Waals surface area contributed by atoms with Gasteiger partial charge in [0, 0.05) is 15.5 Å². The van der Waals surface area contributed by atoms with Crippen molar-refractivity contribution in [2.45, 2.75) is 14.1 Å². The van der Waals surface area contributed by atoms with Crippen LogP contribution >= 0.6 is 34.9 Å². The summed E-state index contributed by atoms with van der Waals surface area (Å²) in [5.41, 5.74) is 1.76. The first kappa shape index (κ1) is 20.5. The van der Waals surface area contributed by atoms with Crippen molar-refractivity contribution < 1.29 is 4.79 Å². The molecule has 0 fully saturated rings. The second-order valence-electron chi connectivity index (χ2n) is 6.11. The third kappa shape index (κ3) is 5.85. The number of aromatic nitrogens is 2. The second-order valence-corrected chi connectivity index (χ2v) is 9.43. The van der Waals surface area contributed by atoms with Crippen molar-refractivity contribution in [1.29, 1.82) is 0 Å². The molecule has 150 valence electrons. The lowest BCUT2D eigenvalue weighted by atomic mass is 10.3. The highest BCUT2D eigenvalue weighted by Gasteiger charge is 2.11. The van der Waals surface area contributed by atoms with E-state index in [-0.39, 0.29) is 11.7 Å². The van der Waals surface area contributed by atoms with Gasteiger partial charge in [-0.25, -0.2) is 0 Å². The maximum absolute atomic E-state index is 12.5. The Morgan fingerprint density at radius 1 is 0.867 bits per heavy atom. The Hall–Kier alpha value is -2.81. The van der Waals surface area contributed by atoms with Crippen molar-refractivity contribution in [3.63, 3.8) is 0 Å². The van der Waals surface area contributed by atoms with Crippen LogP contribution < -0.4 is 10.6 Å². The number of hydrogen-bond donors (Lipinski definition) is 2. The summed E-state index contributed by atoms with van der Waals surface area (Å²) in [6.45, 7) is 0. The van der Waals surface area contributed by atoms with Gasteiger partial charge in [-0.2, -0.15) is 0 Å². The molecule has 0 unspecified atom stereocenters. The molecule has 1 aromatic heterocycles. The Balaban J connectivity index is 1.32. The van der Waals surface area contributed by atoms with E-state index < -0.39 is 0 Å². The lowest BCUT2D eigenvalue weighted by Gasteiger charge is -2.10. The Morgan fingerprint density at radius 3 is 2.37 bits per heavy atom. The summed E-state index contributed by atoms with van der Waals surface area (Å²) in [4.78, 5) is 14.6. The van der Waals surface area contributed by atoms with E-state index in [9.17, 15) is 4.79 Å². The van der Waals surface area contributed by atoms with Crippen LogP contribution in [-0.4, -0.2) is 21.9 Å². The predicted molar refractivity (Wildman–Crippen MR) is 126 cm³/mol. The van der Waals surface area contributed by atoms with Crippen LogP contribution in [-0.2, 0) is 4.79 Å². The highest BCUT2D eigenvalue weighted by Crippen LogP contribution is 2.33. The fraction of sp³-hybridized carbons (Fsp3) is 0.0455. The van der Waals surface area contributed by atoms with Gasteiger partial charge in [-0.3, -0.25) is 4.79 Å². The van der Waals surface area contributed by atoms with E-state index in [1.54, 1.807) is 11.8 Å². The number of hydrogen-bond acceptors (Lipinski definition) is 7. The van der Waals surface area contributed by atoms with Gasteiger partial charge in [0.05, 0.1) is 11.4 Å². The van der Waals surface area contributed by atoms with Crippen molar-refractivity contribution in [1.82, 2.24) is 10.2 Å². The van der Waals surface area contributed by atoms with E-state index in [4.69, 9.17) is 0 Å². The molecule has 3 aromatic carbocycles. The van der Waals surface area contributed by atoms with Gasteiger partial charge in [0.25, 0.3) is 0 Å². The molecule has 0 saturated carbocycles. The van der Waals surface area contributed by atoms with Crippen molar-refractivity contribution in [2.24, 2.45) is 0 Å². The number of amides is 1. The van der Waals surface area contributed by atoms with E-state index in [0.29, 0.717) is 5.13 Å². The van der Waals surface area contributed by atoms with E-state index in [1.165, 1.54) is 23.1 Å². The SMILES string of the molecule is O=C(CSc1nnc(Nc2ccccc2)s1)Nc1ccccc1Sc1ccccc1. The van der Waals surface area contributed by atoms with Gasteiger partial charge in [-0.05, 0) is 36.4 Å². The molecule has 1 heterocycles. The Kier molecular flexibility index (Phi) is 7.02. The molecule has 4 aromatic rings. The average Bonchev–Trinajstić information content (AvgIpc) is 3.22. The van der Waals surface area contributed by atoms with Crippen molar-refractivity contribution in [3.05, 3.63) is 84.9 Å². The Morgan fingerprint density at radius 2 is 1.57 bits per heavy atom. The molecule has 30 heavy (non-hydrogen) atoms. The monoisotopic (exact) mass is 450 g/mol. The molecular formula is C22H18N4OS3. The van der Waals surface area contributed by atoms with Crippen LogP contribution in [0.3, 0.4) is 0 Å². The first-order valence-corrected chi connectivity index (χ1v) is 11.8. The van der Waals surface area contributed by atoms with Crippen molar-refractivity contribution >= 4 is 57.3 Å². The summed E-state index contributed by atoms with van der Waals surface area (Å²) < 4.78 is 0.746. The largest absolute Gasteiger partial charge is 0.330 e. The third-order valence-corrected chi connectivity index (χ3v) is 6.95. The first-order valence-electron chi connectivity index (χ1n) is 9.16. The molecule has 0 bridgehead atoms. The van der Waals surface area contributed by atoms with Gasteiger partial charge in [-0.15, -0.1) is 10.2 Å².